The van der Waals surface area contributed by atoms with E-state index >= 15 is 0 Å². The van der Waals surface area contributed by atoms with Crippen LogP contribution in [0, 0.1) is 0 Å². The van der Waals surface area contributed by atoms with Gasteiger partial charge >= 0.3 is 5.97 Å². The summed E-state index contributed by atoms with van der Waals surface area (Å²) in [5.41, 5.74) is 4.31. The van der Waals surface area contributed by atoms with Crippen LogP contribution in [0.25, 0.3) is 0 Å². The zero-order valence-corrected chi connectivity index (χ0v) is 19.1. The van der Waals surface area contributed by atoms with Gasteiger partial charge in [0.15, 0.2) is 5.11 Å². The number of methoxy groups -OCH3 is 1. The lowest BCUT2D eigenvalue weighted by atomic mass is 9.96. The van der Waals surface area contributed by atoms with Crippen molar-refractivity contribution in [2.24, 2.45) is 0 Å². The predicted octanol–water partition coefficient (Wildman–Crippen LogP) is 5.80. The van der Waals surface area contributed by atoms with Gasteiger partial charge in [0, 0.05) is 4.88 Å². The van der Waals surface area contributed by atoms with Crippen molar-refractivity contribution in [3.63, 3.8) is 0 Å². The average molecular weight is 431 g/mol. The average Bonchev–Trinajstić information content (AvgIpc) is 3.03. The molecule has 29 heavy (non-hydrogen) atoms. The van der Waals surface area contributed by atoms with Crippen LogP contribution in [0.15, 0.2) is 24.3 Å². The predicted molar refractivity (Wildman–Crippen MR) is 125 cm³/mol. The Morgan fingerprint density at radius 3 is 2.52 bits per heavy atom. The largest absolute Gasteiger partial charge is 0.465 e. The number of rotatable bonds is 5. The summed E-state index contributed by atoms with van der Waals surface area (Å²) in [4.78, 5) is 13.8. The molecule has 1 heterocycles. The summed E-state index contributed by atoms with van der Waals surface area (Å²) in [6.45, 7) is 4.24. The monoisotopic (exact) mass is 430 g/mol. The summed E-state index contributed by atoms with van der Waals surface area (Å²) in [6.07, 6.45) is 7.72. The van der Waals surface area contributed by atoms with Gasteiger partial charge in [0.1, 0.15) is 5.00 Å². The van der Waals surface area contributed by atoms with Crippen LogP contribution < -0.4 is 10.6 Å². The molecular weight excluding hydrogens is 400 g/mol. The van der Waals surface area contributed by atoms with E-state index in [2.05, 4.69) is 48.7 Å². The summed E-state index contributed by atoms with van der Waals surface area (Å²) in [5, 5.41) is 7.96. The Kier molecular flexibility index (Phi) is 7.67. The minimum absolute atomic E-state index is 0.0727. The molecule has 6 heteroatoms. The highest BCUT2D eigenvalue weighted by Gasteiger charge is 2.25. The first kappa shape index (κ1) is 21.8. The third kappa shape index (κ3) is 5.37. The number of ether oxygens (including phenoxy) is 1. The van der Waals surface area contributed by atoms with Crippen molar-refractivity contribution in [1.29, 1.82) is 0 Å². The van der Waals surface area contributed by atoms with Crippen molar-refractivity contribution in [1.82, 2.24) is 5.32 Å². The number of hydrogen-bond acceptors (Lipinski definition) is 4. The van der Waals surface area contributed by atoms with Gasteiger partial charge in [-0.3, -0.25) is 0 Å². The number of esters is 1. The van der Waals surface area contributed by atoms with Crippen LogP contribution in [-0.4, -0.2) is 18.2 Å². The molecule has 2 aromatic rings. The van der Waals surface area contributed by atoms with Crippen molar-refractivity contribution in [2.75, 3.05) is 12.4 Å². The van der Waals surface area contributed by atoms with Crippen LogP contribution in [0.1, 0.15) is 77.5 Å². The first-order valence-electron chi connectivity index (χ1n) is 10.4. The Morgan fingerprint density at radius 1 is 1.17 bits per heavy atom. The first-order valence-corrected chi connectivity index (χ1v) is 11.6. The maximum absolute atomic E-state index is 12.5. The number of anilines is 1. The molecule has 156 valence electrons. The molecule has 0 fully saturated rings. The lowest BCUT2D eigenvalue weighted by molar-refractivity contribution is 0.0601. The minimum atomic E-state index is -0.281. The van der Waals surface area contributed by atoms with Crippen LogP contribution >= 0.6 is 23.6 Å². The zero-order chi connectivity index (χ0) is 20.8. The lowest BCUT2D eigenvalue weighted by Gasteiger charge is -2.18. The normalized spacial score (nSPS) is 14.9. The van der Waals surface area contributed by atoms with Crippen molar-refractivity contribution in [2.45, 2.75) is 64.8 Å². The number of carbonyl (C=O) groups excluding carboxylic acids is 1. The molecule has 0 bridgehead atoms. The minimum Gasteiger partial charge on any atom is -0.465 e. The van der Waals surface area contributed by atoms with E-state index in [4.69, 9.17) is 17.0 Å². The number of aryl methyl sites for hydroxylation is 2. The fraction of sp³-hybridized carbons (Fsp3) is 0.478. The van der Waals surface area contributed by atoms with Gasteiger partial charge < -0.3 is 15.4 Å². The van der Waals surface area contributed by atoms with Crippen LogP contribution in [0.4, 0.5) is 5.00 Å². The molecule has 1 unspecified atom stereocenters. The van der Waals surface area contributed by atoms with Crippen molar-refractivity contribution in [3.05, 3.63) is 51.4 Å². The Hall–Kier alpha value is -1.92. The summed E-state index contributed by atoms with van der Waals surface area (Å²) in [6, 6.07) is 8.65. The third-order valence-electron chi connectivity index (χ3n) is 5.52. The molecule has 1 atom stereocenters. The van der Waals surface area contributed by atoms with E-state index in [0.717, 1.165) is 36.2 Å². The quantitative estimate of drug-likeness (QED) is 0.463. The summed E-state index contributed by atoms with van der Waals surface area (Å²) < 4.78 is 5.09. The van der Waals surface area contributed by atoms with Crippen LogP contribution in [0.5, 0.6) is 0 Å². The van der Waals surface area contributed by atoms with Gasteiger partial charge in [-0.1, -0.05) is 44.0 Å². The van der Waals surface area contributed by atoms with Gasteiger partial charge in [-0.2, -0.15) is 0 Å². The van der Waals surface area contributed by atoms with E-state index in [0.29, 0.717) is 10.7 Å². The molecule has 0 spiro atoms. The molecule has 1 aromatic carbocycles. The fourth-order valence-corrected chi connectivity index (χ4v) is 5.41. The van der Waals surface area contributed by atoms with Gasteiger partial charge in [0.2, 0.25) is 0 Å². The lowest BCUT2D eigenvalue weighted by Crippen LogP contribution is -2.31. The van der Waals surface area contributed by atoms with E-state index in [9.17, 15) is 4.79 Å². The summed E-state index contributed by atoms with van der Waals surface area (Å²) >= 11 is 7.21. The summed E-state index contributed by atoms with van der Waals surface area (Å²) in [7, 11) is 1.44. The third-order valence-corrected chi connectivity index (χ3v) is 6.95. The highest BCUT2D eigenvalue weighted by Crippen LogP contribution is 2.37. The number of nitrogens with one attached hydrogen (secondary N) is 2. The molecule has 1 aromatic heterocycles. The number of fused-ring (bicyclic) bond motifs is 1. The highest BCUT2D eigenvalue weighted by atomic mass is 32.1. The second-order valence-electron chi connectivity index (χ2n) is 7.53. The maximum Gasteiger partial charge on any atom is 0.341 e. The Bertz CT molecular complexity index is 859. The van der Waals surface area contributed by atoms with E-state index < -0.39 is 0 Å². The summed E-state index contributed by atoms with van der Waals surface area (Å²) in [5.74, 6) is -0.281. The van der Waals surface area contributed by atoms with Crippen LogP contribution in [0.3, 0.4) is 0 Å². The molecule has 0 radical (unpaired) electrons. The van der Waals surface area contributed by atoms with E-state index in [1.807, 2.05) is 0 Å². The van der Waals surface area contributed by atoms with Crippen LogP contribution in [-0.2, 0) is 24.0 Å². The number of thiocarbonyl (C=S) groups is 1. The smallest absolute Gasteiger partial charge is 0.341 e. The van der Waals surface area contributed by atoms with Gasteiger partial charge in [-0.25, -0.2) is 4.79 Å². The number of carbonyl (C=O) groups is 1. The van der Waals surface area contributed by atoms with Gasteiger partial charge in [-0.05, 0) is 67.9 Å². The van der Waals surface area contributed by atoms with E-state index in [1.165, 1.54) is 42.4 Å². The number of thiophene rings is 1. The Morgan fingerprint density at radius 2 is 1.86 bits per heavy atom. The molecule has 0 amide bonds. The molecule has 4 nitrogen and oxygen atoms in total. The Balaban J connectivity index is 1.76. The SMILES string of the molecule is CCc1ccc(C(C)NC(=S)Nc2sc3c(c2C(=O)OC)CCCCCC3)cc1. The maximum atomic E-state index is 12.5. The second-order valence-corrected chi connectivity index (χ2v) is 9.04. The molecule has 2 N–H and O–H groups in total. The van der Waals surface area contributed by atoms with Crippen LogP contribution in [0.2, 0.25) is 0 Å². The molecule has 0 saturated heterocycles. The van der Waals surface area contributed by atoms with Crippen molar-refractivity contribution >= 4 is 39.6 Å². The van der Waals surface area contributed by atoms with Gasteiger partial charge in [0.25, 0.3) is 0 Å². The topological polar surface area (TPSA) is 50.4 Å². The van der Waals surface area contributed by atoms with Crippen molar-refractivity contribution < 1.29 is 9.53 Å². The fourth-order valence-electron chi connectivity index (χ4n) is 3.79. The number of hydrogen-bond donors (Lipinski definition) is 2. The molecule has 0 aliphatic heterocycles. The molecule has 3 rings (SSSR count). The van der Waals surface area contributed by atoms with E-state index in [1.54, 1.807) is 11.3 Å². The first-order chi connectivity index (χ1) is 14.0. The van der Waals surface area contributed by atoms with E-state index in [-0.39, 0.29) is 12.0 Å². The van der Waals surface area contributed by atoms with Gasteiger partial charge in [0.05, 0.1) is 18.7 Å². The second kappa shape index (κ2) is 10.2. The zero-order valence-electron chi connectivity index (χ0n) is 17.5. The molecule has 0 saturated carbocycles. The standard InChI is InChI=1S/C23H30N2O2S2/c1-4-16-11-13-17(14-12-16)15(2)24-23(28)25-21-20(22(26)27-3)18-9-7-5-6-8-10-19(18)29-21/h11-15H,4-10H2,1-3H3,(H2,24,25,28). The molecule has 1 aliphatic rings. The Labute approximate surface area is 183 Å². The number of benzene rings is 1. The highest BCUT2D eigenvalue weighted by molar-refractivity contribution is 7.80. The molecular formula is C23H30N2O2S2. The van der Waals surface area contributed by atoms with Crippen molar-refractivity contribution in [3.8, 4) is 0 Å². The molecule has 1 aliphatic carbocycles. The van der Waals surface area contributed by atoms with Gasteiger partial charge in [-0.15, -0.1) is 11.3 Å².